The van der Waals surface area contributed by atoms with Crippen LogP contribution in [0.3, 0.4) is 0 Å². The minimum Gasteiger partial charge on any atom is -0.353 e. The Morgan fingerprint density at radius 1 is 1.37 bits per heavy atom. The molecule has 1 aliphatic heterocycles. The smallest absolute Gasteiger partial charge is 0.318 e. The van der Waals surface area contributed by atoms with Crippen LogP contribution in [-0.4, -0.2) is 36.0 Å². The molecule has 2 aliphatic rings. The van der Waals surface area contributed by atoms with Crippen LogP contribution in [0.4, 0.5) is 13.6 Å². The van der Waals surface area contributed by atoms with Crippen LogP contribution in [0.25, 0.3) is 0 Å². The molecule has 0 radical (unpaired) electrons. The molecule has 1 heterocycles. The molecule has 1 saturated heterocycles. The van der Waals surface area contributed by atoms with Gasteiger partial charge in [0, 0.05) is 18.7 Å². The van der Waals surface area contributed by atoms with Gasteiger partial charge in [-0.05, 0) is 37.2 Å². The van der Waals surface area contributed by atoms with Crippen molar-refractivity contribution in [3.8, 4) is 0 Å². The van der Waals surface area contributed by atoms with Gasteiger partial charge in [0.15, 0.2) is 0 Å². The minimum atomic E-state index is -0.851. The lowest BCUT2D eigenvalue weighted by atomic mass is 9.61. The zero-order chi connectivity index (χ0) is 19.9. The predicted molar refractivity (Wildman–Crippen MR) is 98.3 cm³/mol. The molecule has 3 amide bonds. The summed E-state index contributed by atoms with van der Waals surface area (Å²) in [5.41, 5.74) is 0.274. The lowest BCUT2D eigenvalue weighted by molar-refractivity contribution is -0.127. The zero-order valence-corrected chi connectivity index (χ0v) is 16.4. The second-order valence-electron chi connectivity index (χ2n) is 8.18. The first kappa shape index (κ1) is 19.9. The molecule has 2 fully saturated rings. The van der Waals surface area contributed by atoms with Gasteiger partial charge in [-0.1, -0.05) is 31.5 Å². The van der Waals surface area contributed by atoms with Crippen LogP contribution in [0.15, 0.2) is 12.1 Å². The lowest BCUT2D eigenvalue weighted by Gasteiger charge is -2.47. The molecule has 0 aromatic heterocycles. The van der Waals surface area contributed by atoms with Gasteiger partial charge in [0.1, 0.15) is 22.7 Å². The summed E-state index contributed by atoms with van der Waals surface area (Å²) in [6.07, 6.45) is 1.59. The topological polar surface area (TPSA) is 61.4 Å². The summed E-state index contributed by atoms with van der Waals surface area (Å²) in [6.45, 7) is 6.59. The maximum absolute atomic E-state index is 14.7. The Morgan fingerprint density at radius 3 is 2.67 bits per heavy atom. The molecule has 1 unspecified atom stereocenters. The van der Waals surface area contributed by atoms with E-state index < -0.39 is 34.8 Å². The number of benzene rings is 1. The first-order valence-corrected chi connectivity index (χ1v) is 9.47. The Bertz CT molecular complexity index is 764. The van der Waals surface area contributed by atoms with Crippen LogP contribution in [0.2, 0.25) is 5.02 Å². The molecule has 1 saturated carbocycles. The molecule has 1 aromatic rings. The van der Waals surface area contributed by atoms with Gasteiger partial charge in [0.2, 0.25) is 5.91 Å². The second kappa shape index (κ2) is 7.26. The van der Waals surface area contributed by atoms with E-state index in [1.165, 1.54) is 11.0 Å². The molecule has 148 valence electrons. The molecule has 5 nitrogen and oxygen atoms in total. The molecule has 1 aromatic carbocycles. The van der Waals surface area contributed by atoms with E-state index in [1.807, 2.05) is 0 Å². The first-order chi connectivity index (χ1) is 12.6. The highest BCUT2D eigenvalue weighted by molar-refractivity contribution is 6.31. The fraction of sp³-hybridized carbons (Fsp3) is 0.579. The van der Waals surface area contributed by atoms with Crippen LogP contribution >= 0.6 is 11.6 Å². The number of nitrogens with one attached hydrogen (secondary N) is 2. The van der Waals surface area contributed by atoms with Crippen LogP contribution in [0, 0.1) is 23.0 Å². The monoisotopic (exact) mass is 399 g/mol. The number of rotatable bonds is 3. The second-order valence-corrected chi connectivity index (χ2v) is 8.56. The van der Waals surface area contributed by atoms with Crippen LogP contribution in [0.5, 0.6) is 0 Å². The fourth-order valence-corrected chi connectivity index (χ4v) is 4.27. The van der Waals surface area contributed by atoms with Crippen molar-refractivity contribution in [1.82, 2.24) is 15.5 Å². The first-order valence-electron chi connectivity index (χ1n) is 9.09. The summed E-state index contributed by atoms with van der Waals surface area (Å²) in [4.78, 5) is 26.1. The van der Waals surface area contributed by atoms with Gasteiger partial charge in [-0.25, -0.2) is 13.6 Å². The van der Waals surface area contributed by atoms with E-state index in [9.17, 15) is 18.4 Å². The predicted octanol–water partition coefficient (Wildman–Crippen LogP) is 3.63. The summed E-state index contributed by atoms with van der Waals surface area (Å²) < 4.78 is 28.2. The van der Waals surface area contributed by atoms with E-state index in [-0.39, 0.29) is 22.8 Å². The Hall–Kier alpha value is -1.89. The van der Waals surface area contributed by atoms with E-state index >= 15 is 0 Å². The maximum Gasteiger partial charge on any atom is 0.318 e. The van der Waals surface area contributed by atoms with Gasteiger partial charge in [0.25, 0.3) is 0 Å². The van der Waals surface area contributed by atoms with Crippen molar-refractivity contribution in [2.75, 3.05) is 13.1 Å². The molecule has 2 atom stereocenters. The maximum atomic E-state index is 14.7. The van der Waals surface area contributed by atoms with Gasteiger partial charge < -0.3 is 15.5 Å². The summed E-state index contributed by atoms with van der Waals surface area (Å²) in [5.74, 6) is -1.91. The van der Waals surface area contributed by atoms with E-state index in [0.717, 1.165) is 18.9 Å². The Balaban J connectivity index is 1.86. The third kappa shape index (κ3) is 3.88. The average Bonchev–Trinajstić information content (AvgIpc) is 2.58. The van der Waals surface area contributed by atoms with Crippen LogP contribution in [-0.2, 0) is 4.79 Å². The van der Waals surface area contributed by atoms with Gasteiger partial charge in [-0.2, -0.15) is 0 Å². The van der Waals surface area contributed by atoms with Gasteiger partial charge >= 0.3 is 6.03 Å². The lowest BCUT2D eigenvalue weighted by Crippen LogP contribution is -2.59. The van der Waals surface area contributed by atoms with Gasteiger partial charge in [-0.15, -0.1) is 0 Å². The van der Waals surface area contributed by atoms with Crippen molar-refractivity contribution in [2.45, 2.75) is 45.7 Å². The number of carbonyl (C=O) groups is 2. The minimum absolute atomic E-state index is 0.00824. The van der Waals surface area contributed by atoms with Crippen molar-refractivity contribution >= 4 is 23.5 Å². The summed E-state index contributed by atoms with van der Waals surface area (Å²) in [7, 11) is 0. The summed E-state index contributed by atoms with van der Waals surface area (Å²) >= 11 is 5.75. The van der Waals surface area contributed by atoms with E-state index in [4.69, 9.17) is 11.6 Å². The van der Waals surface area contributed by atoms with Crippen molar-refractivity contribution < 1.29 is 18.4 Å². The molecule has 1 aliphatic carbocycles. The molecule has 0 spiro atoms. The average molecular weight is 400 g/mol. The summed E-state index contributed by atoms with van der Waals surface area (Å²) in [5, 5.41) is 4.99. The van der Waals surface area contributed by atoms with E-state index in [0.29, 0.717) is 13.1 Å². The molecule has 0 bridgehead atoms. The van der Waals surface area contributed by atoms with Crippen LogP contribution < -0.4 is 10.6 Å². The number of amides is 3. The molecule has 8 heteroatoms. The number of hydrogen-bond donors (Lipinski definition) is 2. The molecule has 3 rings (SSSR count). The molecule has 2 N–H and O–H groups in total. The zero-order valence-electron chi connectivity index (χ0n) is 15.6. The Kier molecular flexibility index (Phi) is 5.34. The molecular weight excluding hydrogens is 376 g/mol. The quantitative estimate of drug-likeness (QED) is 0.762. The highest BCUT2D eigenvalue weighted by atomic mass is 35.5. The Labute approximate surface area is 162 Å². The molecular formula is C19H24ClF2N3O2. The van der Waals surface area contributed by atoms with Crippen molar-refractivity contribution in [1.29, 1.82) is 0 Å². The SMILES string of the molecule is C[C@@H]1C(=O)NCCN1C(=O)NC(c1ccc(F)c(Cl)c1F)C1CC(C)(C)C1. The number of piperazine rings is 1. The highest BCUT2D eigenvalue weighted by Gasteiger charge is 2.43. The number of urea groups is 1. The fourth-order valence-electron chi connectivity index (χ4n) is 4.10. The summed E-state index contributed by atoms with van der Waals surface area (Å²) in [6, 6.07) is 0.756. The van der Waals surface area contributed by atoms with Crippen molar-refractivity contribution in [2.24, 2.45) is 11.3 Å². The largest absolute Gasteiger partial charge is 0.353 e. The van der Waals surface area contributed by atoms with Crippen molar-refractivity contribution in [3.63, 3.8) is 0 Å². The van der Waals surface area contributed by atoms with E-state index in [2.05, 4.69) is 24.5 Å². The number of nitrogens with zero attached hydrogens (tertiary/aromatic N) is 1. The third-order valence-electron chi connectivity index (χ3n) is 5.54. The standard InChI is InChI=1S/C19H24ClF2N3O2/c1-10-17(26)23-6-7-25(10)18(27)24-16(11-8-19(2,3)9-11)12-4-5-13(21)14(20)15(12)22/h4-5,10-11,16H,6-9H2,1-3H3,(H,23,26)(H,24,27)/t10-,16?/m1/s1. The van der Waals surface area contributed by atoms with Gasteiger partial charge in [-0.3, -0.25) is 4.79 Å². The normalized spacial score (nSPS) is 23.4. The van der Waals surface area contributed by atoms with Crippen molar-refractivity contribution in [3.05, 3.63) is 34.4 Å². The highest BCUT2D eigenvalue weighted by Crippen LogP contribution is 2.50. The van der Waals surface area contributed by atoms with Crippen LogP contribution in [0.1, 0.15) is 45.2 Å². The number of halogens is 3. The number of carbonyl (C=O) groups excluding carboxylic acids is 2. The molecule has 27 heavy (non-hydrogen) atoms. The number of hydrogen-bond acceptors (Lipinski definition) is 2. The Morgan fingerprint density at radius 2 is 2.04 bits per heavy atom. The van der Waals surface area contributed by atoms with Gasteiger partial charge in [0.05, 0.1) is 6.04 Å². The van der Waals surface area contributed by atoms with E-state index in [1.54, 1.807) is 6.92 Å². The third-order valence-corrected chi connectivity index (χ3v) is 5.89.